The Morgan fingerprint density at radius 2 is 1.86 bits per heavy atom. The molecule has 2 N–H and O–H groups in total. The van der Waals surface area contributed by atoms with Gasteiger partial charge in [0.15, 0.2) is 0 Å². The van der Waals surface area contributed by atoms with Crippen LogP contribution in [0, 0.1) is 12.7 Å². The maximum atomic E-state index is 13.6. The smallest absolute Gasteiger partial charge is 0.146 e. The maximum Gasteiger partial charge on any atom is 0.146 e. The summed E-state index contributed by atoms with van der Waals surface area (Å²) < 4.78 is 24.0. The molecule has 0 fully saturated rings. The largest absolute Gasteiger partial charge is 0.495 e. The fourth-order valence-electron chi connectivity index (χ4n) is 2.29. The molecule has 2 rings (SSSR count). The van der Waals surface area contributed by atoms with Crippen LogP contribution in [0.15, 0.2) is 30.3 Å². The SMILES string of the molecule is COc1ccc(C(N)c2cc(C)cc(F)c2)c(OC)c1Cl. The number of hydrogen-bond donors (Lipinski definition) is 1. The van der Waals surface area contributed by atoms with E-state index >= 15 is 0 Å². The third-order valence-corrected chi connectivity index (χ3v) is 3.63. The van der Waals surface area contributed by atoms with E-state index in [-0.39, 0.29) is 5.82 Å². The van der Waals surface area contributed by atoms with E-state index in [0.717, 1.165) is 5.56 Å². The first-order valence-corrected chi connectivity index (χ1v) is 6.78. The van der Waals surface area contributed by atoms with E-state index in [2.05, 4.69) is 0 Å². The fourth-order valence-corrected chi connectivity index (χ4v) is 2.61. The lowest BCUT2D eigenvalue weighted by Gasteiger charge is -2.19. The number of aryl methyl sites for hydroxylation is 1. The molecule has 0 spiro atoms. The van der Waals surface area contributed by atoms with Gasteiger partial charge >= 0.3 is 0 Å². The quantitative estimate of drug-likeness (QED) is 0.933. The van der Waals surface area contributed by atoms with Crippen molar-refractivity contribution in [3.05, 3.63) is 57.9 Å². The zero-order valence-corrected chi connectivity index (χ0v) is 12.9. The summed E-state index contributed by atoms with van der Waals surface area (Å²) in [4.78, 5) is 0. The van der Waals surface area contributed by atoms with Crippen LogP contribution >= 0.6 is 11.6 Å². The molecule has 0 aliphatic carbocycles. The van der Waals surface area contributed by atoms with Crippen LogP contribution in [0.25, 0.3) is 0 Å². The van der Waals surface area contributed by atoms with E-state index in [0.29, 0.717) is 27.6 Å². The first-order chi connectivity index (χ1) is 9.97. The van der Waals surface area contributed by atoms with E-state index in [9.17, 15) is 4.39 Å². The van der Waals surface area contributed by atoms with Gasteiger partial charge in [-0.15, -0.1) is 0 Å². The number of ether oxygens (including phenoxy) is 2. The third kappa shape index (κ3) is 3.12. The predicted octanol–water partition coefficient (Wildman–Crippen LogP) is 3.85. The van der Waals surface area contributed by atoms with E-state index in [1.54, 1.807) is 12.1 Å². The molecule has 0 heterocycles. The summed E-state index contributed by atoms with van der Waals surface area (Å²) >= 11 is 6.23. The van der Waals surface area contributed by atoms with Crippen molar-refractivity contribution < 1.29 is 13.9 Å². The summed E-state index contributed by atoms with van der Waals surface area (Å²) in [6.07, 6.45) is 0. The van der Waals surface area contributed by atoms with Gasteiger partial charge in [0.1, 0.15) is 22.3 Å². The van der Waals surface area contributed by atoms with E-state index in [1.165, 1.54) is 26.4 Å². The number of hydrogen-bond acceptors (Lipinski definition) is 3. The average molecular weight is 310 g/mol. The Bertz CT molecular complexity index is 641. The highest BCUT2D eigenvalue weighted by molar-refractivity contribution is 6.33. The number of halogens is 2. The molecule has 0 bridgehead atoms. The van der Waals surface area contributed by atoms with Crippen molar-refractivity contribution >= 4 is 11.6 Å². The molecule has 21 heavy (non-hydrogen) atoms. The van der Waals surface area contributed by atoms with Gasteiger partial charge in [-0.3, -0.25) is 0 Å². The topological polar surface area (TPSA) is 44.5 Å². The van der Waals surface area contributed by atoms with Crippen molar-refractivity contribution in [3.8, 4) is 11.5 Å². The van der Waals surface area contributed by atoms with Gasteiger partial charge in [0.05, 0.1) is 20.3 Å². The second-order valence-corrected chi connectivity index (χ2v) is 5.12. The van der Waals surface area contributed by atoms with Gasteiger partial charge in [0.2, 0.25) is 0 Å². The minimum atomic E-state index is -0.544. The Morgan fingerprint density at radius 3 is 2.43 bits per heavy atom. The van der Waals surface area contributed by atoms with Crippen LogP contribution in [-0.2, 0) is 0 Å². The van der Waals surface area contributed by atoms with Crippen LogP contribution in [-0.4, -0.2) is 14.2 Å². The summed E-state index contributed by atoms with van der Waals surface area (Å²) in [6, 6.07) is 7.65. The van der Waals surface area contributed by atoms with Crippen LogP contribution in [0.5, 0.6) is 11.5 Å². The molecule has 0 saturated heterocycles. The second kappa shape index (κ2) is 6.33. The highest BCUT2D eigenvalue weighted by atomic mass is 35.5. The lowest BCUT2D eigenvalue weighted by atomic mass is 9.97. The Labute approximate surface area is 128 Å². The van der Waals surface area contributed by atoms with Gasteiger partial charge in [-0.25, -0.2) is 4.39 Å². The van der Waals surface area contributed by atoms with Gasteiger partial charge in [0, 0.05) is 5.56 Å². The molecular formula is C16H17ClFNO2. The monoisotopic (exact) mass is 309 g/mol. The molecule has 0 saturated carbocycles. The second-order valence-electron chi connectivity index (χ2n) is 4.74. The number of nitrogens with two attached hydrogens (primary N) is 1. The van der Waals surface area contributed by atoms with Gasteiger partial charge in [0.25, 0.3) is 0 Å². The molecule has 1 atom stereocenters. The van der Waals surface area contributed by atoms with Crippen molar-refractivity contribution in [3.63, 3.8) is 0 Å². The molecule has 0 amide bonds. The van der Waals surface area contributed by atoms with Crippen molar-refractivity contribution in [2.45, 2.75) is 13.0 Å². The molecule has 112 valence electrons. The molecule has 0 aliphatic rings. The molecule has 1 unspecified atom stereocenters. The van der Waals surface area contributed by atoms with Crippen molar-refractivity contribution in [1.29, 1.82) is 0 Å². The highest BCUT2D eigenvalue weighted by Crippen LogP contribution is 2.40. The summed E-state index contributed by atoms with van der Waals surface area (Å²) in [5, 5.41) is 0.348. The summed E-state index contributed by atoms with van der Waals surface area (Å²) in [6.45, 7) is 1.82. The van der Waals surface area contributed by atoms with Crippen LogP contribution in [0.2, 0.25) is 5.02 Å². The Balaban J connectivity index is 2.52. The minimum Gasteiger partial charge on any atom is -0.495 e. The predicted molar refractivity (Wildman–Crippen MR) is 81.7 cm³/mol. The minimum absolute atomic E-state index is 0.320. The van der Waals surface area contributed by atoms with Gasteiger partial charge in [-0.1, -0.05) is 17.7 Å². The van der Waals surface area contributed by atoms with Crippen LogP contribution < -0.4 is 15.2 Å². The number of benzene rings is 2. The van der Waals surface area contributed by atoms with Crippen LogP contribution in [0.1, 0.15) is 22.7 Å². The summed E-state index contributed by atoms with van der Waals surface area (Å²) in [5.41, 5.74) is 8.38. The van der Waals surface area contributed by atoms with Crippen molar-refractivity contribution in [2.24, 2.45) is 5.73 Å². The lowest BCUT2D eigenvalue weighted by Crippen LogP contribution is -2.14. The third-order valence-electron chi connectivity index (χ3n) is 3.27. The lowest BCUT2D eigenvalue weighted by molar-refractivity contribution is 0.390. The highest BCUT2D eigenvalue weighted by Gasteiger charge is 2.20. The molecule has 0 radical (unpaired) electrons. The van der Waals surface area contributed by atoms with Crippen LogP contribution in [0.3, 0.4) is 0 Å². The molecule has 0 aromatic heterocycles. The first kappa shape index (κ1) is 15.6. The molecule has 2 aromatic carbocycles. The van der Waals surface area contributed by atoms with E-state index < -0.39 is 6.04 Å². The Kier molecular flexibility index (Phi) is 4.70. The molecule has 2 aromatic rings. The van der Waals surface area contributed by atoms with Crippen molar-refractivity contribution in [2.75, 3.05) is 14.2 Å². The number of methoxy groups -OCH3 is 2. The van der Waals surface area contributed by atoms with Gasteiger partial charge in [-0.2, -0.15) is 0 Å². The van der Waals surface area contributed by atoms with Gasteiger partial charge < -0.3 is 15.2 Å². The maximum absolute atomic E-state index is 13.6. The normalized spacial score (nSPS) is 12.1. The van der Waals surface area contributed by atoms with E-state index in [4.69, 9.17) is 26.8 Å². The molecule has 3 nitrogen and oxygen atoms in total. The average Bonchev–Trinajstić information content (AvgIpc) is 2.45. The Hall–Kier alpha value is -1.78. The molecule has 5 heteroatoms. The zero-order chi connectivity index (χ0) is 15.6. The summed E-state index contributed by atoms with van der Waals surface area (Å²) in [7, 11) is 3.03. The Morgan fingerprint density at radius 1 is 1.14 bits per heavy atom. The molecule has 0 aliphatic heterocycles. The number of rotatable bonds is 4. The summed E-state index contributed by atoms with van der Waals surface area (Å²) in [5.74, 6) is 0.615. The first-order valence-electron chi connectivity index (χ1n) is 6.41. The standard InChI is InChI=1S/C16H17ClFNO2/c1-9-6-10(8-11(18)7-9)15(19)12-4-5-13(20-2)14(17)16(12)21-3/h4-8,15H,19H2,1-3H3. The van der Waals surface area contributed by atoms with E-state index in [1.807, 2.05) is 13.0 Å². The molecular weight excluding hydrogens is 293 g/mol. The van der Waals surface area contributed by atoms with Crippen LogP contribution in [0.4, 0.5) is 4.39 Å². The van der Waals surface area contributed by atoms with Gasteiger partial charge in [-0.05, 0) is 42.3 Å². The fraction of sp³-hybridized carbons (Fsp3) is 0.250. The van der Waals surface area contributed by atoms with Crippen molar-refractivity contribution in [1.82, 2.24) is 0 Å². The zero-order valence-electron chi connectivity index (χ0n) is 12.1.